The molecule has 142 valence electrons. The summed E-state index contributed by atoms with van der Waals surface area (Å²) in [6.07, 6.45) is 0.966. The Hall–Kier alpha value is -2.95. The van der Waals surface area contributed by atoms with Crippen LogP contribution >= 0.6 is 0 Å². The summed E-state index contributed by atoms with van der Waals surface area (Å²) < 4.78 is 0. The number of nitrogens with one attached hydrogen (secondary N) is 1. The molecule has 0 radical (unpaired) electrons. The highest BCUT2D eigenvalue weighted by Crippen LogP contribution is 2.12. The molecule has 0 heterocycles. The number of Topliss-reactive ketones (excluding diaryl/α,β-unsaturated/α-hetero) is 1. The van der Waals surface area contributed by atoms with Gasteiger partial charge in [-0.15, -0.1) is 0 Å². The van der Waals surface area contributed by atoms with Crippen LogP contribution in [0.4, 0.5) is 5.69 Å². The van der Waals surface area contributed by atoms with Crippen LogP contribution in [0, 0.1) is 0 Å². The largest absolute Gasteiger partial charge is 0.331 e. The van der Waals surface area contributed by atoms with Gasteiger partial charge in [0.25, 0.3) is 0 Å². The molecule has 0 bridgehead atoms. The zero-order chi connectivity index (χ0) is 19.6. The van der Waals surface area contributed by atoms with Crippen molar-refractivity contribution in [3.8, 4) is 0 Å². The van der Waals surface area contributed by atoms with Gasteiger partial charge in [-0.2, -0.15) is 0 Å². The van der Waals surface area contributed by atoms with Crippen LogP contribution < -0.4 is 5.32 Å². The van der Waals surface area contributed by atoms with E-state index in [4.69, 9.17) is 0 Å². The molecule has 0 fully saturated rings. The fourth-order valence-corrected chi connectivity index (χ4v) is 2.82. The predicted molar refractivity (Wildman–Crippen MR) is 107 cm³/mol. The lowest BCUT2D eigenvalue weighted by Gasteiger charge is -2.28. The molecule has 1 unspecified atom stereocenters. The van der Waals surface area contributed by atoms with Crippen LogP contribution in [-0.4, -0.2) is 35.1 Å². The number of para-hydroxylation sites is 1. The van der Waals surface area contributed by atoms with Crippen molar-refractivity contribution in [2.75, 3.05) is 11.9 Å². The lowest BCUT2D eigenvalue weighted by Crippen LogP contribution is -2.46. The number of nitrogens with zero attached hydrogens (tertiary/aromatic N) is 1. The van der Waals surface area contributed by atoms with Crippen molar-refractivity contribution in [3.63, 3.8) is 0 Å². The van der Waals surface area contributed by atoms with Crippen molar-refractivity contribution in [1.29, 1.82) is 0 Å². The topological polar surface area (TPSA) is 66.5 Å². The number of benzene rings is 2. The first-order chi connectivity index (χ1) is 13.0. The number of anilines is 1. The van der Waals surface area contributed by atoms with Gasteiger partial charge >= 0.3 is 0 Å². The molecule has 1 N–H and O–H groups in total. The maximum absolute atomic E-state index is 12.7. The summed E-state index contributed by atoms with van der Waals surface area (Å²) in [5.41, 5.74) is 1.29. The fraction of sp³-hybridized carbons (Fsp3) is 0.318. The molecule has 0 aliphatic rings. The molecule has 27 heavy (non-hydrogen) atoms. The Morgan fingerprint density at radius 3 is 2.11 bits per heavy atom. The van der Waals surface area contributed by atoms with Gasteiger partial charge in [0, 0.05) is 30.6 Å². The molecular formula is C22H26N2O3. The highest BCUT2D eigenvalue weighted by atomic mass is 16.2. The van der Waals surface area contributed by atoms with E-state index < -0.39 is 6.04 Å². The average molecular weight is 366 g/mol. The number of carbonyl (C=O) groups excluding carboxylic acids is 3. The van der Waals surface area contributed by atoms with Crippen LogP contribution in [0.5, 0.6) is 0 Å². The first-order valence-electron chi connectivity index (χ1n) is 9.26. The van der Waals surface area contributed by atoms with Crippen molar-refractivity contribution < 1.29 is 14.4 Å². The first kappa shape index (κ1) is 20.4. The summed E-state index contributed by atoms with van der Waals surface area (Å²) in [5, 5.41) is 2.83. The third-order valence-corrected chi connectivity index (χ3v) is 4.33. The minimum Gasteiger partial charge on any atom is -0.331 e. The monoisotopic (exact) mass is 366 g/mol. The van der Waals surface area contributed by atoms with E-state index >= 15 is 0 Å². The Morgan fingerprint density at radius 2 is 1.52 bits per heavy atom. The fourth-order valence-electron chi connectivity index (χ4n) is 2.82. The molecule has 1 atom stereocenters. The summed E-state index contributed by atoms with van der Waals surface area (Å²) in [6.45, 7) is 4.14. The highest BCUT2D eigenvalue weighted by Gasteiger charge is 2.25. The summed E-state index contributed by atoms with van der Waals surface area (Å²) in [7, 11) is 0. The summed E-state index contributed by atoms with van der Waals surface area (Å²) >= 11 is 0. The van der Waals surface area contributed by atoms with Gasteiger partial charge in [0.2, 0.25) is 11.8 Å². The maximum Gasteiger partial charge on any atom is 0.246 e. The van der Waals surface area contributed by atoms with E-state index in [1.54, 1.807) is 48.2 Å². The van der Waals surface area contributed by atoms with Crippen LogP contribution in [0.3, 0.4) is 0 Å². The first-order valence-corrected chi connectivity index (χ1v) is 9.26. The molecule has 5 nitrogen and oxygen atoms in total. The summed E-state index contributed by atoms with van der Waals surface area (Å²) in [4.78, 5) is 39.0. The smallest absolute Gasteiger partial charge is 0.246 e. The molecule has 0 aliphatic carbocycles. The lowest BCUT2D eigenvalue weighted by molar-refractivity contribution is -0.138. The molecule has 5 heteroatoms. The number of ketones is 1. The van der Waals surface area contributed by atoms with Gasteiger partial charge in [-0.3, -0.25) is 14.4 Å². The van der Waals surface area contributed by atoms with Gasteiger partial charge in [-0.05, 0) is 25.5 Å². The standard InChI is InChI=1S/C22H26N2O3/c1-3-16-24(17(2)22(27)23-19-12-8-5-9-13-19)21(26)15-14-20(25)18-10-6-4-7-11-18/h4-13,17H,3,14-16H2,1-2H3,(H,23,27). The maximum atomic E-state index is 12.7. The van der Waals surface area contributed by atoms with Gasteiger partial charge in [0.05, 0.1) is 0 Å². The number of hydrogen-bond donors (Lipinski definition) is 1. The van der Waals surface area contributed by atoms with Crippen LogP contribution in [-0.2, 0) is 9.59 Å². The van der Waals surface area contributed by atoms with Gasteiger partial charge < -0.3 is 10.2 Å². The number of rotatable bonds is 9. The zero-order valence-corrected chi connectivity index (χ0v) is 15.9. The van der Waals surface area contributed by atoms with Crippen molar-refractivity contribution in [2.45, 2.75) is 39.2 Å². The average Bonchev–Trinajstić information content (AvgIpc) is 2.70. The van der Waals surface area contributed by atoms with Crippen molar-refractivity contribution in [3.05, 3.63) is 66.2 Å². The van der Waals surface area contributed by atoms with E-state index in [1.807, 2.05) is 31.2 Å². The van der Waals surface area contributed by atoms with Crippen LogP contribution in [0.2, 0.25) is 0 Å². The molecule has 2 amide bonds. The second-order valence-corrected chi connectivity index (χ2v) is 6.41. The third-order valence-electron chi connectivity index (χ3n) is 4.33. The quantitative estimate of drug-likeness (QED) is 0.684. The molecule has 0 spiro atoms. The van der Waals surface area contributed by atoms with E-state index in [1.165, 1.54) is 0 Å². The molecule has 2 rings (SSSR count). The molecule has 0 saturated heterocycles. The number of hydrogen-bond acceptors (Lipinski definition) is 3. The van der Waals surface area contributed by atoms with E-state index in [0.29, 0.717) is 17.8 Å². The SMILES string of the molecule is CCCN(C(=O)CCC(=O)c1ccccc1)C(C)C(=O)Nc1ccccc1. The molecular weight excluding hydrogens is 340 g/mol. The van der Waals surface area contributed by atoms with Crippen molar-refractivity contribution in [2.24, 2.45) is 0 Å². The third kappa shape index (κ3) is 6.06. The Kier molecular flexibility index (Phi) is 7.74. The second-order valence-electron chi connectivity index (χ2n) is 6.41. The molecule has 2 aromatic carbocycles. The lowest BCUT2D eigenvalue weighted by atomic mass is 10.1. The summed E-state index contributed by atoms with van der Waals surface area (Å²) in [5.74, 6) is -0.490. The minimum absolute atomic E-state index is 0.0678. The Bertz CT molecular complexity index is 760. The van der Waals surface area contributed by atoms with Gasteiger partial charge in [-0.25, -0.2) is 0 Å². The van der Waals surface area contributed by atoms with Gasteiger partial charge in [0.1, 0.15) is 6.04 Å². The van der Waals surface area contributed by atoms with Crippen LogP contribution in [0.25, 0.3) is 0 Å². The van der Waals surface area contributed by atoms with Crippen LogP contribution in [0.15, 0.2) is 60.7 Å². The molecule has 0 saturated carbocycles. The van der Waals surface area contributed by atoms with E-state index in [0.717, 1.165) is 6.42 Å². The van der Waals surface area contributed by atoms with E-state index in [2.05, 4.69) is 5.32 Å². The Balaban J connectivity index is 1.96. The predicted octanol–water partition coefficient (Wildman–Crippen LogP) is 3.92. The normalized spacial score (nSPS) is 11.5. The van der Waals surface area contributed by atoms with Gasteiger partial charge in [-0.1, -0.05) is 55.5 Å². The van der Waals surface area contributed by atoms with Crippen LogP contribution in [0.1, 0.15) is 43.5 Å². The second kappa shape index (κ2) is 10.3. The zero-order valence-electron chi connectivity index (χ0n) is 15.9. The highest BCUT2D eigenvalue weighted by molar-refractivity contribution is 5.99. The number of carbonyl (C=O) groups is 3. The Morgan fingerprint density at radius 1 is 0.926 bits per heavy atom. The van der Waals surface area contributed by atoms with Crippen molar-refractivity contribution in [1.82, 2.24) is 4.90 Å². The molecule has 0 aliphatic heterocycles. The van der Waals surface area contributed by atoms with Crippen molar-refractivity contribution >= 4 is 23.3 Å². The number of amides is 2. The molecule has 0 aromatic heterocycles. The molecule has 2 aromatic rings. The Labute approximate surface area is 160 Å². The minimum atomic E-state index is -0.607. The summed E-state index contributed by atoms with van der Waals surface area (Å²) in [6, 6.07) is 17.5. The van der Waals surface area contributed by atoms with Gasteiger partial charge in [0.15, 0.2) is 5.78 Å². The van der Waals surface area contributed by atoms with E-state index in [9.17, 15) is 14.4 Å². The van der Waals surface area contributed by atoms with E-state index in [-0.39, 0.29) is 30.4 Å².